The molecule has 4 fully saturated rings. The van der Waals surface area contributed by atoms with E-state index in [4.69, 9.17) is 5.10 Å². The molecule has 1 unspecified atom stereocenters. The number of halogens is 3. The largest absolute Gasteiger partial charge is 0.433 e. The van der Waals surface area contributed by atoms with E-state index in [1.54, 1.807) is 34.4 Å². The number of nitrogens with one attached hydrogen (secondary N) is 2. The Hall–Kier alpha value is -5.51. The van der Waals surface area contributed by atoms with Crippen LogP contribution in [-0.4, -0.2) is 78.2 Å². The van der Waals surface area contributed by atoms with Crippen LogP contribution >= 0.6 is 0 Å². The van der Waals surface area contributed by atoms with Crippen molar-refractivity contribution < 1.29 is 27.6 Å². The molecule has 9 rings (SSSR count). The summed E-state index contributed by atoms with van der Waals surface area (Å²) in [6, 6.07) is 14.8. The summed E-state index contributed by atoms with van der Waals surface area (Å²) in [5, 5.41) is 10.7. The Kier molecular flexibility index (Phi) is 8.97. The molecule has 6 heterocycles. The number of piperidine rings is 1. The molecule has 2 aromatic carbocycles. The average Bonchev–Trinajstić information content (AvgIpc) is 3.79. The highest BCUT2D eigenvalue weighted by atomic mass is 19.4. The molecule has 13 nitrogen and oxygen atoms in total. The number of rotatable bonds is 7. The standard InChI is InChI=1S/C40H42F3N9O4/c1-48-36-31(5-3-6-32(36)52(39(48)56)33-16-17-35(53)46-38(33)55)49-21-27-13-14-28(22-49)50(27)19-23-8-11-26(12-9-23)51-20-24-18-25(10-15-29(24)47-51)44-37(54)30-4-2-7-34(45-30)40(41,42)43/h2-7,10,15,18,20,23,26-28,33H,8-9,11-14,16-17,19,21-22H2,1H3,(H,44,54)(H,46,53,55)/t23?,26?,27-,28+,33?. The number of aromatic nitrogens is 5. The molecule has 0 radical (unpaired) electrons. The van der Waals surface area contributed by atoms with Crippen molar-refractivity contribution in [3.8, 4) is 0 Å². The highest BCUT2D eigenvalue weighted by molar-refractivity contribution is 6.04. The van der Waals surface area contributed by atoms with Crippen molar-refractivity contribution >= 4 is 51.0 Å². The third-order valence-corrected chi connectivity index (χ3v) is 12.3. The van der Waals surface area contributed by atoms with Crippen LogP contribution in [0.4, 0.5) is 24.5 Å². The van der Waals surface area contributed by atoms with Crippen molar-refractivity contribution in [2.75, 3.05) is 29.9 Å². The van der Waals surface area contributed by atoms with Crippen molar-refractivity contribution in [2.24, 2.45) is 13.0 Å². The van der Waals surface area contributed by atoms with E-state index in [1.165, 1.54) is 12.1 Å². The van der Waals surface area contributed by atoms with E-state index in [-0.39, 0.29) is 29.8 Å². The summed E-state index contributed by atoms with van der Waals surface area (Å²) in [5.74, 6) is -0.891. The summed E-state index contributed by atoms with van der Waals surface area (Å²) in [7, 11) is 1.76. The lowest BCUT2D eigenvalue weighted by Gasteiger charge is -2.44. The van der Waals surface area contributed by atoms with E-state index in [0.717, 1.165) is 86.3 Å². The number of aryl methyl sites for hydroxylation is 1. The Morgan fingerprint density at radius 1 is 0.911 bits per heavy atom. The number of hydrogen-bond donors (Lipinski definition) is 2. The quantitative estimate of drug-likeness (QED) is 0.210. The van der Waals surface area contributed by atoms with Gasteiger partial charge in [0.2, 0.25) is 11.8 Å². The highest BCUT2D eigenvalue weighted by Gasteiger charge is 2.42. The van der Waals surface area contributed by atoms with Crippen LogP contribution in [0.5, 0.6) is 0 Å². The predicted molar refractivity (Wildman–Crippen MR) is 202 cm³/mol. The summed E-state index contributed by atoms with van der Waals surface area (Å²) in [6.07, 6.45) is 4.26. The van der Waals surface area contributed by atoms with Crippen LogP contribution in [0.2, 0.25) is 0 Å². The molecule has 3 atom stereocenters. The van der Waals surface area contributed by atoms with Crippen LogP contribution in [-0.2, 0) is 22.8 Å². The first kappa shape index (κ1) is 36.1. The number of imide groups is 1. The minimum Gasteiger partial charge on any atom is -0.367 e. The van der Waals surface area contributed by atoms with Crippen LogP contribution in [0.1, 0.15) is 79.6 Å². The molecular weight excluding hydrogens is 727 g/mol. The molecule has 5 aromatic rings. The normalized spacial score (nSPS) is 24.6. The van der Waals surface area contributed by atoms with E-state index in [1.807, 2.05) is 23.0 Å². The second-order valence-electron chi connectivity index (χ2n) is 15.7. The Bertz CT molecular complexity index is 2410. The summed E-state index contributed by atoms with van der Waals surface area (Å²) < 4.78 is 44.5. The fourth-order valence-corrected chi connectivity index (χ4v) is 9.50. The van der Waals surface area contributed by atoms with Gasteiger partial charge in [0, 0.05) is 62.5 Å². The summed E-state index contributed by atoms with van der Waals surface area (Å²) in [4.78, 5) is 59.4. The number of benzene rings is 2. The third-order valence-electron chi connectivity index (χ3n) is 12.3. The van der Waals surface area contributed by atoms with E-state index >= 15 is 0 Å². The molecule has 2 bridgehead atoms. The molecule has 16 heteroatoms. The number of fused-ring (bicyclic) bond motifs is 4. The molecule has 3 aliphatic heterocycles. The van der Waals surface area contributed by atoms with Gasteiger partial charge in [-0.3, -0.25) is 38.4 Å². The number of pyridine rings is 1. The molecule has 292 valence electrons. The number of carbonyl (C=O) groups excluding carboxylic acids is 3. The first-order chi connectivity index (χ1) is 26.9. The fourth-order valence-electron chi connectivity index (χ4n) is 9.50. The van der Waals surface area contributed by atoms with Crippen LogP contribution < -0.4 is 21.2 Å². The van der Waals surface area contributed by atoms with Crippen LogP contribution in [0.15, 0.2) is 65.6 Å². The van der Waals surface area contributed by atoms with Gasteiger partial charge in [0.15, 0.2) is 0 Å². The van der Waals surface area contributed by atoms with Crippen molar-refractivity contribution in [1.29, 1.82) is 0 Å². The average molecular weight is 770 g/mol. The lowest BCUT2D eigenvalue weighted by molar-refractivity contribution is -0.141. The Balaban J connectivity index is 0.828. The second kappa shape index (κ2) is 13.9. The molecule has 3 aromatic heterocycles. The van der Waals surface area contributed by atoms with E-state index in [0.29, 0.717) is 35.6 Å². The number of imidazole rings is 1. The number of nitrogens with zero attached hydrogens (tertiary/aromatic N) is 7. The van der Waals surface area contributed by atoms with Crippen molar-refractivity contribution in [3.05, 3.63) is 82.7 Å². The minimum atomic E-state index is -4.64. The molecule has 2 N–H and O–H groups in total. The van der Waals surface area contributed by atoms with Gasteiger partial charge < -0.3 is 10.2 Å². The Labute approximate surface area is 319 Å². The molecule has 4 aliphatic rings. The topological polar surface area (TPSA) is 139 Å². The number of para-hydroxylation sites is 1. The van der Waals surface area contributed by atoms with Crippen LogP contribution in [0.25, 0.3) is 21.9 Å². The highest BCUT2D eigenvalue weighted by Crippen LogP contribution is 2.40. The Morgan fingerprint density at radius 3 is 2.38 bits per heavy atom. The predicted octanol–water partition coefficient (Wildman–Crippen LogP) is 5.42. The smallest absolute Gasteiger partial charge is 0.367 e. The Morgan fingerprint density at radius 2 is 1.64 bits per heavy atom. The van der Waals surface area contributed by atoms with Gasteiger partial charge in [-0.15, -0.1) is 0 Å². The van der Waals surface area contributed by atoms with Gasteiger partial charge in [0.05, 0.1) is 28.3 Å². The van der Waals surface area contributed by atoms with Crippen molar-refractivity contribution in [3.63, 3.8) is 0 Å². The van der Waals surface area contributed by atoms with Gasteiger partial charge in [-0.25, -0.2) is 9.78 Å². The van der Waals surface area contributed by atoms with Gasteiger partial charge in [-0.2, -0.15) is 18.3 Å². The summed E-state index contributed by atoms with van der Waals surface area (Å²) in [6.45, 7) is 2.78. The second-order valence-corrected chi connectivity index (χ2v) is 15.7. The number of hydrogen-bond acceptors (Lipinski definition) is 8. The van der Waals surface area contributed by atoms with Crippen molar-refractivity contribution in [1.82, 2.24) is 34.1 Å². The van der Waals surface area contributed by atoms with Crippen molar-refractivity contribution in [2.45, 2.75) is 81.7 Å². The van der Waals surface area contributed by atoms with Gasteiger partial charge in [0.1, 0.15) is 17.4 Å². The van der Waals surface area contributed by atoms with Gasteiger partial charge in [0.25, 0.3) is 5.91 Å². The molecule has 0 spiro atoms. The number of alkyl halides is 3. The number of carbonyl (C=O) groups is 3. The maximum atomic E-state index is 13.5. The fraction of sp³-hybridized carbons (Fsp3) is 0.450. The zero-order valence-corrected chi connectivity index (χ0v) is 30.8. The number of anilines is 2. The summed E-state index contributed by atoms with van der Waals surface area (Å²) >= 11 is 0. The maximum absolute atomic E-state index is 13.5. The maximum Gasteiger partial charge on any atom is 0.433 e. The zero-order valence-electron chi connectivity index (χ0n) is 30.8. The summed E-state index contributed by atoms with van der Waals surface area (Å²) in [5.41, 5.74) is 2.06. The zero-order chi connectivity index (χ0) is 38.9. The van der Waals surface area contributed by atoms with E-state index in [9.17, 15) is 32.3 Å². The first-order valence-corrected chi connectivity index (χ1v) is 19.3. The first-order valence-electron chi connectivity index (χ1n) is 19.3. The molecule has 1 saturated carbocycles. The van der Waals surface area contributed by atoms with Gasteiger partial charge >= 0.3 is 11.9 Å². The SMILES string of the molecule is Cn1c(=O)n(C2CCC(=O)NC2=O)c2cccc(N3C[C@H]4CC[C@@H](C3)N4CC3CCC(n4cc5cc(NC(=O)c6cccc(C(F)(F)F)n6)ccc5n4)CC3)c21. The molecular formula is C40H42F3N9O4. The van der Waals surface area contributed by atoms with E-state index < -0.39 is 29.7 Å². The molecule has 3 amide bonds. The van der Waals surface area contributed by atoms with Crippen LogP contribution in [0.3, 0.4) is 0 Å². The monoisotopic (exact) mass is 769 g/mol. The number of piperazine rings is 1. The molecule has 1 aliphatic carbocycles. The molecule has 56 heavy (non-hydrogen) atoms. The lowest BCUT2D eigenvalue weighted by Crippen LogP contribution is -2.55. The third kappa shape index (κ3) is 6.52. The minimum absolute atomic E-state index is 0.201. The number of amides is 3. The van der Waals surface area contributed by atoms with Gasteiger partial charge in [-0.05, 0) is 93.3 Å². The van der Waals surface area contributed by atoms with Crippen LogP contribution in [0, 0.1) is 5.92 Å². The van der Waals surface area contributed by atoms with Gasteiger partial charge in [-0.1, -0.05) is 12.1 Å². The lowest BCUT2D eigenvalue weighted by atomic mass is 9.85. The van der Waals surface area contributed by atoms with E-state index in [2.05, 4.69) is 31.5 Å². The molecule has 3 saturated heterocycles.